The fourth-order valence-electron chi connectivity index (χ4n) is 0.901. The quantitative estimate of drug-likeness (QED) is 0.333. The maximum atomic E-state index is 10.5. The van der Waals surface area contributed by atoms with Crippen LogP contribution in [0.4, 0.5) is 11.4 Å². The summed E-state index contributed by atoms with van der Waals surface area (Å²) in [6.45, 7) is 0. The number of hydrogen-bond donors (Lipinski definition) is 2. The molecule has 0 saturated carbocycles. The summed E-state index contributed by atoms with van der Waals surface area (Å²) in [5.74, 6) is 0. The fraction of sp³-hybridized carbons (Fsp3) is 0.143. The van der Waals surface area contributed by atoms with Crippen LogP contribution in [0, 0.1) is 10.1 Å². The lowest BCUT2D eigenvalue weighted by atomic mass is 10.3. The SMILES string of the molecule is CO[S+](N)c1cc([N+](=O)[O-])ccc1N. The van der Waals surface area contributed by atoms with Crippen molar-refractivity contribution in [3.63, 3.8) is 0 Å². The summed E-state index contributed by atoms with van der Waals surface area (Å²) in [6, 6.07) is 4.09. The van der Waals surface area contributed by atoms with E-state index in [4.69, 9.17) is 15.1 Å². The standard InChI is InChI=1S/C7H10N3O3S/c1-13-14(9)7-4-5(10(11)12)2-3-6(7)8/h2-4H,8-9H2,1H3/q+1. The van der Waals surface area contributed by atoms with Gasteiger partial charge >= 0.3 is 0 Å². The van der Waals surface area contributed by atoms with E-state index >= 15 is 0 Å². The molecule has 0 spiro atoms. The molecular formula is C7H10N3O3S+. The van der Waals surface area contributed by atoms with Gasteiger partial charge in [-0.3, -0.25) is 10.1 Å². The first-order valence-corrected chi connectivity index (χ1v) is 4.84. The van der Waals surface area contributed by atoms with Crippen LogP contribution in [0.5, 0.6) is 0 Å². The Kier molecular flexibility index (Phi) is 3.28. The number of anilines is 1. The van der Waals surface area contributed by atoms with Gasteiger partial charge in [-0.25, -0.2) is 0 Å². The van der Waals surface area contributed by atoms with E-state index < -0.39 is 16.3 Å². The minimum Gasteiger partial charge on any atom is -0.394 e. The van der Waals surface area contributed by atoms with E-state index in [2.05, 4.69) is 0 Å². The van der Waals surface area contributed by atoms with Gasteiger partial charge in [0.05, 0.1) is 23.8 Å². The minimum atomic E-state index is -1.01. The number of non-ortho nitro benzene ring substituents is 1. The Labute approximate surface area is 83.7 Å². The molecule has 0 aliphatic heterocycles. The average Bonchev–Trinajstić information content (AvgIpc) is 2.17. The molecule has 0 bridgehead atoms. The zero-order valence-corrected chi connectivity index (χ0v) is 8.28. The fourth-order valence-corrected chi connectivity index (χ4v) is 1.62. The Morgan fingerprint density at radius 1 is 1.57 bits per heavy atom. The Balaban J connectivity index is 3.14. The largest absolute Gasteiger partial charge is 0.394 e. The molecule has 14 heavy (non-hydrogen) atoms. The number of rotatable bonds is 3. The maximum Gasteiger partial charge on any atom is 0.277 e. The van der Waals surface area contributed by atoms with E-state index in [1.165, 1.54) is 25.3 Å². The third-order valence-electron chi connectivity index (χ3n) is 1.60. The number of nitrogens with zero attached hydrogens (tertiary/aromatic N) is 1. The van der Waals surface area contributed by atoms with Crippen molar-refractivity contribution in [3.8, 4) is 0 Å². The summed E-state index contributed by atoms with van der Waals surface area (Å²) < 4.78 is 4.85. The van der Waals surface area contributed by atoms with Crippen LogP contribution in [0.25, 0.3) is 0 Å². The molecule has 1 atom stereocenters. The van der Waals surface area contributed by atoms with E-state index in [1.54, 1.807) is 0 Å². The average molecular weight is 216 g/mol. The molecule has 6 nitrogen and oxygen atoms in total. The van der Waals surface area contributed by atoms with Crippen LogP contribution in [0.1, 0.15) is 0 Å². The smallest absolute Gasteiger partial charge is 0.277 e. The lowest BCUT2D eigenvalue weighted by molar-refractivity contribution is -0.385. The molecule has 1 aromatic carbocycles. The highest BCUT2D eigenvalue weighted by atomic mass is 32.2. The molecule has 1 unspecified atom stereocenters. The van der Waals surface area contributed by atoms with Crippen molar-refractivity contribution in [2.45, 2.75) is 4.90 Å². The zero-order valence-electron chi connectivity index (χ0n) is 7.47. The summed E-state index contributed by atoms with van der Waals surface area (Å²) in [6.07, 6.45) is 0. The normalized spacial score (nSPS) is 12.4. The number of nitrogens with two attached hydrogens (primary N) is 2. The van der Waals surface area contributed by atoms with Gasteiger partial charge in [0.2, 0.25) is 4.90 Å². The molecule has 0 aliphatic carbocycles. The van der Waals surface area contributed by atoms with Crippen LogP contribution in [0.2, 0.25) is 0 Å². The first kappa shape index (κ1) is 10.8. The number of benzene rings is 1. The molecule has 76 valence electrons. The molecule has 0 saturated heterocycles. The van der Waals surface area contributed by atoms with Crippen molar-refractivity contribution in [2.24, 2.45) is 5.14 Å². The van der Waals surface area contributed by atoms with Gasteiger partial charge in [0.1, 0.15) is 0 Å². The Hall–Kier alpha value is -1.31. The van der Waals surface area contributed by atoms with Gasteiger partial charge in [0, 0.05) is 6.07 Å². The first-order chi connectivity index (χ1) is 6.56. The molecule has 1 aromatic rings. The lowest BCUT2D eigenvalue weighted by Crippen LogP contribution is -2.17. The van der Waals surface area contributed by atoms with Crippen molar-refractivity contribution >= 4 is 22.7 Å². The maximum absolute atomic E-state index is 10.5. The van der Waals surface area contributed by atoms with Gasteiger partial charge < -0.3 is 5.73 Å². The van der Waals surface area contributed by atoms with Crippen molar-refractivity contribution in [3.05, 3.63) is 28.3 Å². The molecule has 0 fully saturated rings. The summed E-state index contributed by atoms with van der Waals surface area (Å²) in [5, 5.41) is 16.0. The topological polar surface area (TPSA) is 104 Å². The van der Waals surface area contributed by atoms with Gasteiger partial charge in [-0.2, -0.15) is 4.18 Å². The predicted molar refractivity (Wildman–Crippen MR) is 54.3 cm³/mol. The molecule has 0 heterocycles. The number of nitro groups is 1. The second-order valence-electron chi connectivity index (χ2n) is 2.44. The zero-order chi connectivity index (χ0) is 10.7. The highest BCUT2D eigenvalue weighted by Gasteiger charge is 2.24. The van der Waals surface area contributed by atoms with Crippen molar-refractivity contribution < 1.29 is 9.11 Å². The number of hydrogen-bond acceptors (Lipinski definition) is 5. The molecule has 7 heteroatoms. The van der Waals surface area contributed by atoms with E-state index in [0.29, 0.717) is 10.6 Å². The van der Waals surface area contributed by atoms with Crippen LogP contribution in [0.3, 0.4) is 0 Å². The van der Waals surface area contributed by atoms with Crippen LogP contribution >= 0.6 is 0 Å². The van der Waals surface area contributed by atoms with Crippen molar-refractivity contribution in [2.75, 3.05) is 12.8 Å². The highest BCUT2D eigenvalue weighted by molar-refractivity contribution is 7.90. The minimum absolute atomic E-state index is 0.0470. The summed E-state index contributed by atoms with van der Waals surface area (Å²) in [4.78, 5) is 10.4. The van der Waals surface area contributed by atoms with Gasteiger partial charge in [-0.05, 0) is 6.07 Å². The van der Waals surface area contributed by atoms with Crippen LogP contribution < -0.4 is 10.9 Å². The molecule has 4 N–H and O–H groups in total. The summed E-state index contributed by atoms with van der Waals surface area (Å²) >= 11 is -1.01. The molecule has 1 rings (SSSR count). The van der Waals surface area contributed by atoms with Crippen molar-refractivity contribution in [1.29, 1.82) is 0 Å². The summed E-state index contributed by atoms with van der Waals surface area (Å²) in [7, 11) is 1.42. The molecule has 0 radical (unpaired) electrons. The van der Waals surface area contributed by atoms with Crippen LogP contribution in [0.15, 0.2) is 23.1 Å². The molecule has 0 aromatic heterocycles. The molecule has 0 amide bonds. The van der Waals surface area contributed by atoms with Gasteiger partial charge in [-0.1, -0.05) is 0 Å². The molecular weight excluding hydrogens is 206 g/mol. The first-order valence-electron chi connectivity index (χ1n) is 3.63. The Morgan fingerprint density at radius 3 is 2.71 bits per heavy atom. The Morgan fingerprint density at radius 2 is 2.21 bits per heavy atom. The third-order valence-corrected chi connectivity index (χ3v) is 2.75. The van der Waals surface area contributed by atoms with Crippen molar-refractivity contribution in [1.82, 2.24) is 0 Å². The van der Waals surface area contributed by atoms with Crippen LogP contribution in [-0.4, -0.2) is 12.0 Å². The van der Waals surface area contributed by atoms with E-state index in [-0.39, 0.29) is 5.69 Å². The second kappa shape index (κ2) is 4.27. The van der Waals surface area contributed by atoms with E-state index in [1.807, 2.05) is 0 Å². The third kappa shape index (κ3) is 2.13. The molecule has 0 aliphatic rings. The van der Waals surface area contributed by atoms with Crippen LogP contribution in [-0.2, 0) is 15.5 Å². The monoisotopic (exact) mass is 216 g/mol. The van der Waals surface area contributed by atoms with E-state index in [9.17, 15) is 10.1 Å². The lowest BCUT2D eigenvalue weighted by Gasteiger charge is -1.99. The number of nitro benzene ring substituents is 1. The van der Waals surface area contributed by atoms with Gasteiger partial charge in [0.15, 0.2) is 0 Å². The van der Waals surface area contributed by atoms with Gasteiger partial charge in [-0.15, -0.1) is 5.14 Å². The Bertz CT molecular complexity index is 358. The summed E-state index contributed by atoms with van der Waals surface area (Å²) in [5.41, 5.74) is 5.94. The number of nitrogen functional groups attached to an aromatic ring is 1. The predicted octanol–water partition coefficient (Wildman–Crippen LogP) is 0.589. The second-order valence-corrected chi connectivity index (χ2v) is 3.81. The van der Waals surface area contributed by atoms with Gasteiger partial charge in [0.25, 0.3) is 17.0 Å². The highest BCUT2D eigenvalue weighted by Crippen LogP contribution is 2.23. The van der Waals surface area contributed by atoms with E-state index in [0.717, 1.165) is 0 Å².